The Morgan fingerprint density at radius 3 is 2.56 bits per heavy atom. The zero-order valence-electron chi connectivity index (χ0n) is 17.6. The van der Waals surface area contributed by atoms with Crippen LogP contribution in [0.25, 0.3) is 5.70 Å². The van der Waals surface area contributed by atoms with Crippen molar-refractivity contribution < 1.29 is 31.9 Å². The van der Waals surface area contributed by atoms with Crippen molar-refractivity contribution in [3.8, 4) is 5.75 Å². The summed E-state index contributed by atoms with van der Waals surface area (Å²) in [6.45, 7) is 3.97. The Morgan fingerprint density at radius 1 is 1.19 bits per heavy atom. The van der Waals surface area contributed by atoms with Gasteiger partial charge in [-0.05, 0) is 50.1 Å². The second-order valence-electron chi connectivity index (χ2n) is 8.09. The fourth-order valence-corrected chi connectivity index (χ4v) is 3.43. The fourth-order valence-electron chi connectivity index (χ4n) is 3.43. The summed E-state index contributed by atoms with van der Waals surface area (Å²) in [6, 6.07) is 10.7. The van der Waals surface area contributed by atoms with E-state index in [0.29, 0.717) is 11.4 Å². The van der Waals surface area contributed by atoms with Crippen LogP contribution in [0.4, 0.5) is 23.2 Å². The van der Waals surface area contributed by atoms with E-state index >= 15 is 0 Å². The standard InChI is InChI=1S/C23H22F4N2O3/c1-22(2)12-14-7-8-16(32-3)10-17(14)18(29-22)11-19(30)13-5-4-6-15(9-13)28-21(31)23(26,27)20(24)25/h4-11,20,29H,12H2,1-3H3,(H,28,31). The molecule has 0 unspecified atom stereocenters. The first kappa shape index (κ1) is 23.3. The third-order valence-electron chi connectivity index (χ3n) is 4.97. The first-order valence-electron chi connectivity index (χ1n) is 9.72. The van der Waals surface area contributed by atoms with E-state index in [1.54, 1.807) is 11.4 Å². The van der Waals surface area contributed by atoms with Gasteiger partial charge >= 0.3 is 18.3 Å². The van der Waals surface area contributed by atoms with Crippen LogP contribution in [0, 0.1) is 0 Å². The van der Waals surface area contributed by atoms with Gasteiger partial charge in [0.25, 0.3) is 0 Å². The number of carbonyl (C=O) groups is 2. The Bertz CT molecular complexity index is 1080. The SMILES string of the molecule is COc1ccc2c(c1)C(=CC(=O)c1cccc(NC(=O)C(F)(F)C(F)F)c1)NC(C)(C)C2. The van der Waals surface area contributed by atoms with Crippen molar-refractivity contribution in [2.75, 3.05) is 12.4 Å². The van der Waals surface area contributed by atoms with Crippen molar-refractivity contribution in [3.05, 3.63) is 65.2 Å². The number of halogens is 4. The van der Waals surface area contributed by atoms with Crippen molar-refractivity contribution in [2.45, 2.75) is 38.2 Å². The average Bonchev–Trinajstić information content (AvgIpc) is 2.72. The minimum atomic E-state index is -4.84. The molecule has 0 bridgehead atoms. The highest BCUT2D eigenvalue weighted by Crippen LogP contribution is 2.32. The van der Waals surface area contributed by atoms with Gasteiger partial charge in [0.05, 0.1) is 7.11 Å². The van der Waals surface area contributed by atoms with Crippen LogP contribution in [0.5, 0.6) is 5.75 Å². The van der Waals surface area contributed by atoms with Gasteiger partial charge in [0.15, 0.2) is 5.78 Å². The fraction of sp³-hybridized carbons (Fsp3) is 0.304. The molecule has 0 saturated carbocycles. The lowest BCUT2D eigenvalue weighted by Crippen LogP contribution is -2.43. The molecule has 0 fully saturated rings. The summed E-state index contributed by atoms with van der Waals surface area (Å²) in [5.41, 5.74) is 1.93. The van der Waals surface area contributed by atoms with Crippen molar-refractivity contribution in [3.63, 3.8) is 0 Å². The van der Waals surface area contributed by atoms with Crippen LogP contribution >= 0.6 is 0 Å². The van der Waals surface area contributed by atoms with Crippen LogP contribution in [0.1, 0.15) is 35.3 Å². The van der Waals surface area contributed by atoms with Crippen LogP contribution in [-0.4, -0.2) is 36.7 Å². The normalized spacial score (nSPS) is 16.3. The molecule has 2 N–H and O–H groups in total. The van der Waals surface area contributed by atoms with Gasteiger partial charge in [-0.15, -0.1) is 0 Å². The first-order chi connectivity index (χ1) is 14.9. The molecule has 0 spiro atoms. The second kappa shape index (κ2) is 8.64. The van der Waals surface area contributed by atoms with Gasteiger partial charge in [-0.25, -0.2) is 8.78 Å². The lowest BCUT2D eigenvalue weighted by molar-refractivity contribution is -0.163. The van der Waals surface area contributed by atoms with Gasteiger partial charge in [-0.1, -0.05) is 18.2 Å². The Morgan fingerprint density at radius 2 is 1.91 bits per heavy atom. The molecule has 170 valence electrons. The molecule has 0 aromatic heterocycles. The number of benzene rings is 2. The maximum atomic E-state index is 13.2. The van der Waals surface area contributed by atoms with Crippen molar-refractivity contribution in [1.29, 1.82) is 0 Å². The van der Waals surface area contributed by atoms with E-state index in [-0.39, 0.29) is 16.8 Å². The molecule has 1 aliphatic heterocycles. The van der Waals surface area contributed by atoms with E-state index in [1.807, 2.05) is 26.0 Å². The molecular formula is C23H22F4N2O3. The minimum Gasteiger partial charge on any atom is -0.497 e. The molecule has 2 aromatic carbocycles. The zero-order valence-corrected chi connectivity index (χ0v) is 17.6. The molecule has 1 amide bonds. The topological polar surface area (TPSA) is 67.4 Å². The number of hydrogen-bond donors (Lipinski definition) is 2. The molecule has 0 atom stereocenters. The maximum Gasteiger partial charge on any atom is 0.383 e. The van der Waals surface area contributed by atoms with Gasteiger partial charge in [-0.3, -0.25) is 9.59 Å². The predicted molar refractivity (Wildman–Crippen MR) is 112 cm³/mol. The van der Waals surface area contributed by atoms with E-state index in [9.17, 15) is 27.2 Å². The molecule has 9 heteroatoms. The largest absolute Gasteiger partial charge is 0.497 e. The van der Waals surface area contributed by atoms with E-state index < -0.39 is 24.0 Å². The van der Waals surface area contributed by atoms with Crippen molar-refractivity contribution in [1.82, 2.24) is 5.32 Å². The Kier molecular flexibility index (Phi) is 6.29. The minimum absolute atomic E-state index is 0.0882. The lowest BCUT2D eigenvalue weighted by atomic mass is 9.85. The number of alkyl halides is 4. The van der Waals surface area contributed by atoms with E-state index in [0.717, 1.165) is 23.6 Å². The van der Waals surface area contributed by atoms with Gasteiger partial charge in [-0.2, -0.15) is 8.78 Å². The number of amides is 1. The van der Waals surface area contributed by atoms with Crippen LogP contribution in [0.2, 0.25) is 0 Å². The summed E-state index contributed by atoms with van der Waals surface area (Å²) in [5, 5.41) is 5.04. The van der Waals surface area contributed by atoms with E-state index in [1.165, 1.54) is 31.4 Å². The summed E-state index contributed by atoms with van der Waals surface area (Å²) in [6.07, 6.45) is -2.05. The summed E-state index contributed by atoms with van der Waals surface area (Å²) < 4.78 is 56.5. The third kappa shape index (κ3) is 4.92. The molecule has 0 aliphatic carbocycles. The number of fused-ring (bicyclic) bond motifs is 1. The van der Waals surface area contributed by atoms with E-state index in [4.69, 9.17) is 4.74 Å². The highest BCUT2D eigenvalue weighted by atomic mass is 19.3. The highest BCUT2D eigenvalue weighted by molar-refractivity contribution is 6.09. The average molecular weight is 450 g/mol. The summed E-state index contributed by atoms with van der Waals surface area (Å²) in [4.78, 5) is 24.4. The monoisotopic (exact) mass is 450 g/mol. The predicted octanol–water partition coefficient (Wildman–Crippen LogP) is 4.68. The lowest BCUT2D eigenvalue weighted by Gasteiger charge is -2.35. The summed E-state index contributed by atoms with van der Waals surface area (Å²) in [5.74, 6) is -6.83. The smallest absolute Gasteiger partial charge is 0.383 e. The molecular weight excluding hydrogens is 428 g/mol. The quantitative estimate of drug-likeness (QED) is 0.381. The molecule has 5 nitrogen and oxygen atoms in total. The second-order valence-corrected chi connectivity index (χ2v) is 8.09. The maximum absolute atomic E-state index is 13.2. The summed E-state index contributed by atoms with van der Waals surface area (Å²) in [7, 11) is 1.54. The van der Waals surface area contributed by atoms with Crippen molar-refractivity contribution in [2.24, 2.45) is 0 Å². The molecule has 0 saturated heterocycles. The van der Waals surface area contributed by atoms with E-state index in [2.05, 4.69) is 5.32 Å². The van der Waals surface area contributed by atoms with Crippen LogP contribution in [0.3, 0.4) is 0 Å². The number of allylic oxidation sites excluding steroid dienone is 1. The van der Waals surface area contributed by atoms with Gasteiger partial charge < -0.3 is 15.4 Å². The number of rotatable bonds is 6. The number of carbonyl (C=O) groups excluding carboxylic acids is 2. The molecule has 1 heterocycles. The summed E-state index contributed by atoms with van der Waals surface area (Å²) >= 11 is 0. The molecule has 1 aliphatic rings. The Labute approximate surface area is 182 Å². The zero-order chi connectivity index (χ0) is 23.7. The van der Waals surface area contributed by atoms with Crippen molar-refractivity contribution >= 4 is 23.1 Å². The molecule has 2 aromatic rings. The van der Waals surface area contributed by atoms with Gasteiger partial charge in [0, 0.05) is 34.1 Å². The Balaban J connectivity index is 1.90. The number of nitrogens with one attached hydrogen (secondary N) is 2. The molecule has 3 rings (SSSR count). The number of ether oxygens (including phenoxy) is 1. The third-order valence-corrected chi connectivity index (χ3v) is 4.97. The first-order valence-corrected chi connectivity index (χ1v) is 9.72. The molecule has 0 radical (unpaired) electrons. The number of methoxy groups -OCH3 is 1. The van der Waals surface area contributed by atoms with Crippen LogP contribution in [-0.2, 0) is 11.2 Å². The Hall–Kier alpha value is -3.36. The number of ketones is 1. The van der Waals surface area contributed by atoms with Gasteiger partial charge in [0.2, 0.25) is 0 Å². The molecule has 32 heavy (non-hydrogen) atoms. The number of anilines is 1. The van der Waals surface area contributed by atoms with Crippen LogP contribution in [0.15, 0.2) is 48.5 Å². The number of hydrogen-bond acceptors (Lipinski definition) is 4. The van der Waals surface area contributed by atoms with Gasteiger partial charge in [0.1, 0.15) is 5.75 Å². The van der Waals surface area contributed by atoms with Crippen LogP contribution < -0.4 is 15.4 Å². The highest BCUT2D eigenvalue weighted by Gasteiger charge is 2.49.